The van der Waals surface area contributed by atoms with E-state index in [1.807, 2.05) is 0 Å². The monoisotopic (exact) mass is 225 g/mol. The second kappa shape index (κ2) is 4.33. The number of rotatable bonds is 5. The quantitative estimate of drug-likeness (QED) is 0.297. The summed E-state index contributed by atoms with van der Waals surface area (Å²) in [6, 6.07) is 0.483. The lowest BCUT2D eigenvalue weighted by molar-refractivity contribution is 0.317. The van der Waals surface area contributed by atoms with Crippen molar-refractivity contribution < 1.29 is 5.21 Å². The smallest absolute Gasteiger partial charge is 0.245 e. The zero-order valence-electron chi connectivity index (χ0n) is 9.11. The normalized spacial score (nSPS) is 16.4. The number of nitrogens with two attached hydrogens (primary N) is 1. The van der Waals surface area contributed by atoms with Gasteiger partial charge in [0.15, 0.2) is 0 Å². The molecule has 88 valence electrons. The first-order valence-corrected chi connectivity index (χ1v) is 5.17. The van der Waals surface area contributed by atoms with E-state index in [-0.39, 0.29) is 5.84 Å². The first kappa shape index (κ1) is 10.7. The van der Waals surface area contributed by atoms with Gasteiger partial charge in [-0.15, -0.1) is 0 Å². The molecule has 3 N–H and O–H groups in total. The Labute approximate surface area is 92.7 Å². The molecule has 0 amide bonds. The molecule has 0 radical (unpaired) electrons. The Morgan fingerprint density at radius 3 is 2.94 bits per heavy atom. The van der Waals surface area contributed by atoms with E-state index < -0.39 is 0 Å². The average Bonchev–Trinajstić information content (AvgIpc) is 3.03. The van der Waals surface area contributed by atoms with E-state index in [1.54, 1.807) is 11.7 Å². The lowest BCUT2D eigenvalue weighted by Gasteiger charge is -2.21. The van der Waals surface area contributed by atoms with Gasteiger partial charge in [0, 0.05) is 26.1 Å². The van der Waals surface area contributed by atoms with Crippen molar-refractivity contribution in [1.82, 2.24) is 20.2 Å². The summed E-state index contributed by atoms with van der Waals surface area (Å²) in [5.41, 5.74) is 5.45. The third-order valence-corrected chi connectivity index (χ3v) is 2.58. The summed E-state index contributed by atoms with van der Waals surface area (Å²) in [4.78, 5) is 2.10. The summed E-state index contributed by atoms with van der Waals surface area (Å²) in [5, 5.41) is 22.8. The van der Waals surface area contributed by atoms with Crippen LogP contribution in [0.4, 0.5) is 5.95 Å². The summed E-state index contributed by atoms with van der Waals surface area (Å²) in [6.07, 6.45) is 2.78. The van der Waals surface area contributed by atoms with Gasteiger partial charge in [-0.3, -0.25) is 0 Å². The van der Waals surface area contributed by atoms with Gasteiger partial charge in [-0.05, 0) is 23.3 Å². The first-order valence-electron chi connectivity index (χ1n) is 5.17. The maximum atomic E-state index is 8.49. The van der Waals surface area contributed by atoms with Crippen LogP contribution >= 0.6 is 0 Å². The second-order valence-electron chi connectivity index (χ2n) is 3.87. The van der Waals surface area contributed by atoms with Crippen LogP contribution < -0.4 is 10.6 Å². The number of aryl methyl sites for hydroxylation is 1. The fourth-order valence-electron chi connectivity index (χ4n) is 1.59. The van der Waals surface area contributed by atoms with E-state index >= 15 is 0 Å². The number of amidine groups is 1. The molecular weight excluding hydrogens is 210 g/mol. The van der Waals surface area contributed by atoms with E-state index in [0.29, 0.717) is 19.0 Å². The zero-order chi connectivity index (χ0) is 11.5. The Balaban J connectivity index is 2.04. The minimum Gasteiger partial charge on any atom is -0.409 e. The molecule has 0 aliphatic heterocycles. The molecule has 0 bridgehead atoms. The predicted octanol–water partition coefficient (Wildman–Crippen LogP) is -0.685. The van der Waals surface area contributed by atoms with Crippen LogP contribution in [0.5, 0.6) is 0 Å². The summed E-state index contributed by atoms with van der Waals surface area (Å²) in [6.45, 7) is 0.661. The third-order valence-electron chi connectivity index (χ3n) is 2.58. The lowest BCUT2D eigenvalue weighted by atomic mass is 10.3. The number of hydrogen-bond acceptors (Lipinski definition) is 6. The molecule has 0 saturated heterocycles. The summed E-state index contributed by atoms with van der Waals surface area (Å²) in [7, 11) is 1.80. The number of aromatic nitrogens is 4. The van der Waals surface area contributed by atoms with Crippen molar-refractivity contribution in [2.75, 3.05) is 11.4 Å². The van der Waals surface area contributed by atoms with Gasteiger partial charge in [-0.2, -0.15) is 0 Å². The molecule has 16 heavy (non-hydrogen) atoms. The highest BCUT2D eigenvalue weighted by molar-refractivity contribution is 5.80. The maximum absolute atomic E-state index is 8.49. The molecule has 0 spiro atoms. The standard InChI is InChI=1S/C8H15N7O/c1-14-8(10-12-13-14)15(6-2-3-6)5-4-7(9)11-16/h6,16H,2-5H2,1H3,(H2,9,11). The van der Waals surface area contributed by atoms with Crippen LogP contribution in [-0.2, 0) is 7.05 Å². The Bertz CT molecular complexity index is 383. The lowest BCUT2D eigenvalue weighted by Crippen LogP contribution is -2.32. The number of hydrogen-bond donors (Lipinski definition) is 2. The van der Waals surface area contributed by atoms with Gasteiger partial charge in [0.2, 0.25) is 5.95 Å². The Kier molecular flexibility index (Phi) is 2.88. The number of tetrazole rings is 1. The van der Waals surface area contributed by atoms with Crippen molar-refractivity contribution in [1.29, 1.82) is 0 Å². The average molecular weight is 225 g/mol. The maximum Gasteiger partial charge on any atom is 0.245 e. The molecule has 8 heteroatoms. The van der Waals surface area contributed by atoms with Crippen LogP contribution in [0.3, 0.4) is 0 Å². The topological polar surface area (TPSA) is 105 Å². The Morgan fingerprint density at radius 2 is 2.44 bits per heavy atom. The fraction of sp³-hybridized carbons (Fsp3) is 0.750. The Hall–Kier alpha value is -1.86. The fourth-order valence-corrected chi connectivity index (χ4v) is 1.59. The molecule has 1 heterocycles. The highest BCUT2D eigenvalue weighted by Gasteiger charge is 2.31. The largest absolute Gasteiger partial charge is 0.409 e. The van der Waals surface area contributed by atoms with Crippen LogP contribution in [0.25, 0.3) is 0 Å². The first-order chi connectivity index (χ1) is 7.72. The summed E-state index contributed by atoms with van der Waals surface area (Å²) in [5.74, 6) is 0.953. The van der Waals surface area contributed by atoms with Crippen molar-refractivity contribution in [3.8, 4) is 0 Å². The van der Waals surface area contributed by atoms with Crippen LogP contribution in [-0.4, -0.2) is 43.8 Å². The minimum atomic E-state index is 0.223. The second-order valence-corrected chi connectivity index (χ2v) is 3.87. The minimum absolute atomic E-state index is 0.223. The molecule has 1 fully saturated rings. The molecular formula is C8H15N7O. The third kappa shape index (κ3) is 2.20. The van der Waals surface area contributed by atoms with Crippen LogP contribution in [0, 0.1) is 0 Å². The van der Waals surface area contributed by atoms with Crippen LogP contribution in [0.15, 0.2) is 5.16 Å². The molecule has 1 aliphatic carbocycles. The van der Waals surface area contributed by atoms with Gasteiger partial charge in [-0.25, -0.2) is 4.68 Å². The summed E-state index contributed by atoms with van der Waals surface area (Å²) < 4.78 is 1.63. The molecule has 2 rings (SSSR count). The number of oxime groups is 1. The molecule has 0 unspecified atom stereocenters. The Morgan fingerprint density at radius 1 is 1.69 bits per heavy atom. The van der Waals surface area contributed by atoms with Gasteiger partial charge >= 0.3 is 0 Å². The van der Waals surface area contributed by atoms with E-state index in [9.17, 15) is 0 Å². The van der Waals surface area contributed by atoms with E-state index in [2.05, 4.69) is 25.6 Å². The van der Waals surface area contributed by atoms with Gasteiger partial charge in [0.25, 0.3) is 0 Å². The highest BCUT2D eigenvalue weighted by Crippen LogP contribution is 2.29. The van der Waals surface area contributed by atoms with Gasteiger partial charge < -0.3 is 15.8 Å². The molecule has 8 nitrogen and oxygen atoms in total. The molecule has 1 saturated carbocycles. The molecule has 0 atom stereocenters. The van der Waals surface area contributed by atoms with Crippen molar-refractivity contribution >= 4 is 11.8 Å². The zero-order valence-corrected chi connectivity index (χ0v) is 9.11. The van der Waals surface area contributed by atoms with Gasteiger partial charge in [0.1, 0.15) is 5.84 Å². The number of anilines is 1. The molecule has 0 aromatic carbocycles. The van der Waals surface area contributed by atoms with Gasteiger partial charge in [0.05, 0.1) is 0 Å². The van der Waals surface area contributed by atoms with E-state index in [1.165, 1.54) is 0 Å². The molecule has 1 aliphatic rings. The van der Waals surface area contributed by atoms with Crippen molar-refractivity contribution in [3.63, 3.8) is 0 Å². The SMILES string of the molecule is Cn1nnnc1N(CCC(N)=NO)C1CC1. The van der Waals surface area contributed by atoms with Crippen LogP contribution in [0.1, 0.15) is 19.3 Å². The molecule has 1 aromatic rings. The highest BCUT2D eigenvalue weighted by atomic mass is 16.4. The van der Waals surface area contributed by atoms with E-state index in [4.69, 9.17) is 10.9 Å². The van der Waals surface area contributed by atoms with E-state index in [0.717, 1.165) is 18.8 Å². The number of nitrogens with zero attached hydrogens (tertiary/aromatic N) is 6. The predicted molar refractivity (Wildman–Crippen MR) is 57.2 cm³/mol. The van der Waals surface area contributed by atoms with Gasteiger partial charge in [-0.1, -0.05) is 10.3 Å². The van der Waals surface area contributed by atoms with Crippen molar-refractivity contribution in [2.45, 2.75) is 25.3 Å². The van der Waals surface area contributed by atoms with Crippen molar-refractivity contribution in [3.05, 3.63) is 0 Å². The van der Waals surface area contributed by atoms with Crippen LogP contribution in [0.2, 0.25) is 0 Å². The molecule has 1 aromatic heterocycles. The summed E-state index contributed by atoms with van der Waals surface area (Å²) >= 11 is 0. The van der Waals surface area contributed by atoms with Crippen molar-refractivity contribution in [2.24, 2.45) is 17.9 Å².